The number of hydrogen-bond donors (Lipinski definition) is 2. The maximum atomic E-state index is 11.2. The fourth-order valence-corrected chi connectivity index (χ4v) is 4.54. The standard InChI is InChI=1S/C24H17ClN4O4S/c25-15-7-8-19(30)18(13-15)28-23(22(27-24(28)34)17-6-1-2-11-26-17)21-10-9-20(33-21)14-4-3-5-16(12-14)29(31)32/h1-13,22-23,30H,(H,27,34)/t22-,23-/m0/s1. The Balaban J connectivity index is 1.62. The Morgan fingerprint density at radius 2 is 1.97 bits per heavy atom. The van der Waals surface area contributed by atoms with Gasteiger partial charge in [0.1, 0.15) is 23.3 Å². The number of anilines is 1. The minimum absolute atomic E-state index is 0.00526. The van der Waals surface area contributed by atoms with Gasteiger partial charge < -0.3 is 19.7 Å². The van der Waals surface area contributed by atoms with E-state index >= 15 is 0 Å². The molecular weight excluding hydrogens is 476 g/mol. The second-order valence-electron chi connectivity index (χ2n) is 7.64. The van der Waals surface area contributed by atoms with Crippen LogP contribution in [0.15, 0.2) is 83.4 Å². The molecule has 170 valence electrons. The molecule has 8 nitrogen and oxygen atoms in total. The molecule has 0 unspecified atom stereocenters. The van der Waals surface area contributed by atoms with Crippen LogP contribution in [0.3, 0.4) is 0 Å². The summed E-state index contributed by atoms with van der Waals surface area (Å²) in [6.45, 7) is 0. The fourth-order valence-electron chi connectivity index (χ4n) is 4.03. The molecule has 1 saturated heterocycles. The number of phenolic OH excluding ortho intramolecular Hbond substituents is 1. The molecule has 0 bridgehead atoms. The normalized spacial score (nSPS) is 17.6. The predicted octanol–water partition coefficient (Wildman–Crippen LogP) is 5.79. The maximum absolute atomic E-state index is 11.2. The molecule has 0 radical (unpaired) electrons. The lowest BCUT2D eigenvalue weighted by Gasteiger charge is -2.26. The summed E-state index contributed by atoms with van der Waals surface area (Å²) in [5.74, 6) is 1.00. The number of benzene rings is 2. The number of non-ortho nitro benzene ring substituents is 1. The molecule has 3 heterocycles. The zero-order chi connectivity index (χ0) is 23.8. The number of hydrogen-bond acceptors (Lipinski definition) is 6. The molecule has 0 spiro atoms. The lowest BCUT2D eigenvalue weighted by atomic mass is 10.0. The number of aromatic nitrogens is 1. The van der Waals surface area contributed by atoms with Gasteiger partial charge in [-0.25, -0.2) is 0 Å². The van der Waals surface area contributed by atoms with Crippen LogP contribution in [0.5, 0.6) is 5.75 Å². The van der Waals surface area contributed by atoms with Crippen LogP contribution in [0.25, 0.3) is 11.3 Å². The van der Waals surface area contributed by atoms with E-state index in [2.05, 4.69) is 10.3 Å². The Kier molecular flexibility index (Phi) is 5.64. The Hall–Kier alpha value is -3.95. The van der Waals surface area contributed by atoms with Gasteiger partial charge in [-0.15, -0.1) is 0 Å². The first-order valence-corrected chi connectivity index (χ1v) is 11.0. The predicted molar refractivity (Wildman–Crippen MR) is 132 cm³/mol. The van der Waals surface area contributed by atoms with Crippen molar-refractivity contribution in [2.75, 3.05) is 4.90 Å². The van der Waals surface area contributed by atoms with E-state index < -0.39 is 17.0 Å². The Bertz CT molecular complexity index is 1390. The lowest BCUT2D eigenvalue weighted by molar-refractivity contribution is -0.384. The SMILES string of the molecule is O=[N+]([O-])c1cccc(-c2ccc([C@H]3[C@H](c4ccccn4)NC(=S)N3c3cc(Cl)ccc3O)o2)c1. The minimum Gasteiger partial charge on any atom is -0.506 e. The third-order valence-electron chi connectivity index (χ3n) is 5.55. The highest BCUT2D eigenvalue weighted by Crippen LogP contribution is 2.45. The van der Waals surface area contributed by atoms with Crippen LogP contribution < -0.4 is 10.2 Å². The second-order valence-corrected chi connectivity index (χ2v) is 8.46. The largest absolute Gasteiger partial charge is 0.506 e. The number of pyridine rings is 1. The van der Waals surface area contributed by atoms with Crippen molar-refractivity contribution >= 4 is 40.3 Å². The molecule has 0 aliphatic carbocycles. The Morgan fingerprint density at radius 3 is 2.74 bits per heavy atom. The van der Waals surface area contributed by atoms with Crippen molar-refractivity contribution in [2.45, 2.75) is 12.1 Å². The van der Waals surface area contributed by atoms with E-state index in [-0.39, 0.29) is 11.4 Å². The number of nitro groups is 1. The third kappa shape index (κ3) is 3.95. The Morgan fingerprint density at radius 1 is 1.12 bits per heavy atom. The zero-order valence-electron chi connectivity index (χ0n) is 17.5. The molecular formula is C24H17ClN4O4S. The number of phenols is 1. The smallest absolute Gasteiger partial charge is 0.270 e. The number of furan rings is 1. The number of halogens is 1. The van der Waals surface area contributed by atoms with Gasteiger partial charge in [0, 0.05) is 28.9 Å². The molecule has 4 aromatic rings. The summed E-state index contributed by atoms with van der Waals surface area (Å²) in [4.78, 5) is 17.0. The highest BCUT2D eigenvalue weighted by atomic mass is 35.5. The number of nitrogens with one attached hydrogen (secondary N) is 1. The summed E-state index contributed by atoms with van der Waals surface area (Å²) in [7, 11) is 0. The molecule has 34 heavy (non-hydrogen) atoms. The maximum Gasteiger partial charge on any atom is 0.270 e. The molecule has 2 N–H and O–H groups in total. The van der Waals surface area contributed by atoms with Crippen LogP contribution in [-0.4, -0.2) is 20.1 Å². The fraction of sp³-hybridized carbons (Fsp3) is 0.0833. The van der Waals surface area contributed by atoms with Gasteiger partial charge in [-0.3, -0.25) is 15.1 Å². The molecule has 1 fully saturated rings. The number of thiocarbonyl (C=S) groups is 1. The highest BCUT2D eigenvalue weighted by molar-refractivity contribution is 7.80. The van der Waals surface area contributed by atoms with Crippen LogP contribution in [-0.2, 0) is 0 Å². The second kappa shape index (κ2) is 8.77. The van der Waals surface area contributed by atoms with Crippen molar-refractivity contribution in [3.63, 3.8) is 0 Å². The summed E-state index contributed by atoms with van der Waals surface area (Å²) < 4.78 is 6.20. The van der Waals surface area contributed by atoms with Crippen LogP contribution in [0.2, 0.25) is 5.02 Å². The number of nitrogens with zero attached hydrogens (tertiary/aromatic N) is 3. The number of rotatable bonds is 5. The van der Waals surface area contributed by atoms with E-state index in [4.69, 9.17) is 28.2 Å². The van der Waals surface area contributed by atoms with Gasteiger partial charge in [0.25, 0.3) is 5.69 Å². The van der Waals surface area contributed by atoms with E-state index in [9.17, 15) is 15.2 Å². The van der Waals surface area contributed by atoms with Crippen molar-refractivity contribution in [1.82, 2.24) is 10.3 Å². The van der Waals surface area contributed by atoms with E-state index in [1.165, 1.54) is 18.2 Å². The van der Waals surface area contributed by atoms with Gasteiger partial charge in [-0.05, 0) is 54.7 Å². The van der Waals surface area contributed by atoms with Gasteiger partial charge in [0.05, 0.1) is 22.3 Å². The van der Waals surface area contributed by atoms with Gasteiger partial charge in [-0.1, -0.05) is 29.8 Å². The topological polar surface area (TPSA) is 105 Å². The van der Waals surface area contributed by atoms with Crippen LogP contribution in [0.1, 0.15) is 23.5 Å². The van der Waals surface area contributed by atoms with E-state index in [1.54, 1.807) is 47.5 Å². The van der Waals surface area contributed by atoms with Crippen molar-refractivity contribution in [1.29, 1.82) is 0 Å². The summed E-state index contributed by atoms with van der Waals surface area (Å²) >= 11 is 11.9. The molecule has 2 aromatic carbocycles. The lowest BCUT2D eigenvalue weighted by Crippen LogP contribution is -2.29. The van der Waals surface area contributed by atoms with Crippen LogP contribution >= 0.6 is 23.8 Å². The van der Waals surface area contributed by atoms with Crippen molar-refractivity contribution in [2.24, 2.45) is 0 Å². The van der Waals surface area contributed by atoms with Crippen LogP contribution in [0.4, 0.5) is 11.4 Å². The summed E-state index contributed by atoms with van der Waals surface area (Å²) in [5.41, 5.74) is 1.69. The quantitative estimate of drug-likeness (QED) is 0.205. The van der Waals surface area contributed by atoms with Gasteiger partial charge in [-0.2, -0.15) is 0 Å². The number of aromatic hydroxyl groups is 1. The number of nitro benzene ring substituents is 1. The summed E-state index contributed by atoms with van der Waals surface area (Å²) in [6.07, 6.45) is 1.69. The molecule has 10 heteroatoms. The summed E-state index contributed by atoms with van der Waals surface area (Å²) in [5, 5.41) is 25.9. The van der Waals surface area contributed by atoms with Crippen molar-refractivity contribution in [3.05, 3.63) is 106 Å². The van der Waals surface area contributed by atoms with Gasteiger partial charge in [0.15, 0.2) is 5.11 Å². The molecule has 5 rings (SSSR count). The van der Waals surface area contributed by atoms with Crippen molar-refractivity contribution in [3.8, 4) is 17.1 Å². The first-order chi connectivity index (χ1) is 16.4. The van der Waals surface area contributed by atoms with E-state index in [0.717, 1.165) is 5.69 Å². The average molecular weight is 493 g/mol. The van der Waals surface area contributed by atoms with E-state index in [1.807, 2.05) is 18.2 Å². The third-order valence-corrected chi connectivity index (χ3v) is 6.10. The zero-order valence-corrected chi connectivity index (χ0v) is 19.0. The van der Waals surface area contributed by atoms with Gasteiger partial charge in [0.2, 0.25) is 0 Å². The Labute approximate surface area is 204 Å². The minimum atomic E-state index is -0.515. The first kappa shape index (κ1) is 21.9. The van der Waals surface area contributed by atoms with E-state index in [0.29, 0.717) is 32.9 Å². The molecule has 0 amide bonds. The molecule has 2 aromatic heterocycles. The highest BCUT2D eigenvalue weighted by Gasteiger charge is 2.43. The molecule has 1 aliphatic rings. The monoisotopic (exact) mass is 492 g/mol. The van der Waals surface area contributed by atoms with Crippen molar-refractivity contribution < 1.29 is 14.4 Å². The summed E-state index contributed by atoms with van der Waals surface area (Å²) in [6, 6.07) is 19.1. The molecule has 2 atom stereocenters. The molecule has 1 aliphatic heterocycles. The average Bonchev–Trinajstić information content (AvgIpc) is 3.46. The van der Waals surface area contributed by atoms with Crippen LogP contribution in [0, 0.1) is 10.1 Å². The van der Waals surface area contributed by atoms with Gasteiger partial charge >= 0.3 is 0 Å². The molecule has 0 saturated carbocycles. The first-order valence-electron chi connectivity index (χ1n) is 10.3.